The van der Waals surface area contributed by atoms with Gasteiger partial charge >= 0.3 is 0 Å². The lowest BCUT2D eigenvalue weighted by atomic mass is 10.2. The molecule has 4 nitrogen and oxygen atoms in total. The highest BCUT2D eigenvalue weighted by molar-refractivity contribution is 14.1. The molecule has 0 radical (unpaired) electrons. The summed E-state index contributed by atoms with van der Waals surface area (Å²) in [5.74, 6) is -0.177. The first kappa shape index (κ1) is 13.1. The van der Waals surface area contributed by atoms with Crippen LogP contribution >= 0.6 is 22.6 Å². The van der Waals surface area contributed by atoms with E-state index in [1.165, 1.54) is 0 Å². The molecule has 1 N–H and O–H groups in total. The van der Waals surface area contributed by atoms with Crippen molar-refractivity contribution < 1.29 is 4.79 Å². The number of hydrogen-bond acceptors (Lipinski definition) is 2. The van der Waals surface area contributed by atoms with Crippen LogP contribution in [0.1, 0.15) is 21.7 Å². The molecule has 2 aromatic rings. The van der Waals surface area contributed by atoms with Gasteiger partial charge in [0, 0.05) is 22.0 Å². The van der Waals surface area contributed by atoms with Crippen LogP contribution in [-0.2, 0) is 7.05 Å². The van der Waals surface area contributed by atoms with Crippen LogP contribution in [0.3, 0.4) is 0 Å². The van der Waals surface area contributed by atoms with E-state index in [0.717, 1.165) is 20.5 Å². The third kappa shape index (κ3) is 2.72. The fourth-order valence-electron chi connectivity index (χ4n) is 1.59. The number of nitrogens with zero attached hydrogens (tertiary/aromatic N) is 2. The largest absolute Gasteiger partial charge is 0.320 e. The Balaban J connectivity index is 2.23. The molecule has 18 heavy (non-hydrogen) atoms. The second-order valence-electron chi connectivity index (χ2n) is 4.21. The van der Waals surface area contributed by atoms with Gasteiger partial charge in [0.05, 0.1) is 0 Å². The number of carbonyl (C=O) groups excluding carboxylic acids is 1. The third-order valence-corrected chi connectivity index (χ3v) is 3.47. The fourth-order valence-corrected chi connectivity index (χ4v) is 2.08. The number of hydrogen-bond donors (Lipinski definition) is 1. The van der Waals surface area contributed by atoms with Crippen molar-refractivity contribution in [3.05, 3.63) is 44.8 Å². The topological polar surface area (TPSA) is 46.9 Å². The smallest absolute Gasteiger partial charge is 0.276 e. The molecule has 2 rings (SSSR count). The zero-order valence-corrected chi connectivity index (χ0v) is 12.6. The number of nitrogens with one attached hydrogen (secondary N) is 1. The van der Waals surface area contributed by atoms with E-state index in [2.05, 4.69) is 33.0 Å². The van der Waals surface area contributed by atoms with Crippen LogP contribution in [-0.4, -0.2) is 15.7 Å². The molecule has 0 saturated heterocycles. The molecular weight excluding hydrogens is 341 g/mol. The first-order valence-corrected chi connectivity index (χ1v) is 6.63. The molecule has 0 fully saturated rings. The average molecular weight is 355 g/mol. The Bertz CT molecular complexity index is 585. The monoisotopic (exact) mass is 355 g/mol. The molecule has 1 aromatic heterocycles. The van der Waals surface area contributed by atoms with E-state index in [1.807, 2.05) is 39.1 Å². The van der Waals surface area contributed by atoms with Gasteiger partial charge in [0.25, 0.3) is 5.91 Å². The predicted molar refractivity (Wildman–Crippen MR) is 79.8 cm³/mol. The van der Waals surface area contributed by atoms with E-state index in [4.69, 9.17) is 0 Å². The summed E-state index contributed by atoms with van der Waals surface area (Å²) in [5.41, 5.74) is 3.26. The predicted octanol–water partition coefficient (Wildman–Crippen LogP) is 2.89. The van der Waals surface area contributed by atoms with Crippen molar-refractivity contribution >= 4 is 34.2 Å². The molecule has 1 amide bonds. The number of anilines is 1. The lowest BCUT2D eigenvalue weighted by Gasteiger charge is -2.07. The van der Waals surface area contributed by atoms with Gasteiger partial charge in [-0.2, -0.15) is 5.10 Å². The Morgan fingerprint density at radius 2 is 2.06 bits per heavy atom. The summed E-state index contributed by atoms with van der Waals surface area (Å²) in [6.07, 6.45) is 0. The maximum absolute atomic E-state index is 12.1. The van der Waals surface area contributed by atoms with Crippen molar-refractivity contribution in [3.8, 4) is 0 Å². The normalized spacial score (nSPS) is 10.4. The molecule has 1 aromatic carbocycles. The van der Waals surface area contributed by atoms with Gasteiger partial charge < -0.3 is 5.32 Å². The number of aromatic nitrogens is 2. The number of benzene rings is 1. The van der Waals surface area contributed by atoms with Gasteiger partial charge in [0.15, 0.2) is 5.69 Å². The molecule has 0 aliphatic heterocycles. The van der Waals surface area contributed by atoms with Crippen LogP contribution in [0, 0.1) is 17.4 Å². The Morgan fingerprint density at radius 3 is 2.67 bits per heavy atom. The van der Waals surface area contributed by atoms with Crippen LogP contribution in [0.5, 0.6) is 0 Å². The minimum Gasteiger partial charge on any atom is -0.320 e. The lowest BCUT2D eigenvalue weighted by molar-refractivity contribution is 0.102. The van der Waals surface area contributed by atoms with Crippen molar-refractivity contribution in [2.24, 2.45) is 7.05 Å². The highest BCUT2D eigenvalue weighted by atomic mass is 127. The van der Waals surface area contributed by atoms with Gasteiger partial charge in [-0.1, -0.05) is 6.07 Å². The standard InChI is InChI=1S/C13H14IN3O/c1-8-4-5-10(14)7-11(8)15-13(18)12-6-9(2)17(3)16-12/h4-7H,1-3H3,(H,15,18). The van der Waals surface area contributed by atoms with Crippen molar-refractivity contribution in [3.63, 3.8) is 0 Å². The quantitative estimate of drug-likeness (QED) is 0.843. The molecule has 94 valence electrons. The van der Waals surface area contributed by atoms with E-state index in [-0.39, 0.29) is 5.91 Å². The van der Waals surface area contributed by atoms with Gasteiger partial charge in [-0.15, -0.1) is 0 Å². The van der Waals surface area contributed by atoms with Gasteiger partial charge in [-0.05, 0) is 60.2 Å². The van der Waals surface area contributed by atoms with Gasteiger partial charge in [0.1, 0.15) is 0 Å². The van der Waals surface area contributed by atoms with E-state index in [9.17, 15) is 4.79 Å². The molecule has 0 aliphatic carbocycles. The highest BCUT2D eigenvalue weighted by Crippen LogP contribution is 2.18. The molecule has 0 aliphatic rings. The number of amides is 1. The van der Waals surface area contributed by atoms with Crippen molar-refractivity contribution in [1.82, 2.24) is 9.78 Å². The molecule has 0 spiro atoms. The van der Waals surface area contributed by atoms with Crippen LogP contribution in [0.2, 0.25) is 0 Å². The van der Waals surface area contributed by atoms with Crippen molar-refractivity contribution in [2.45, 2.75) is 13.8 Å². The number of aryl methyl sites for hydroxylation is 3. The average Bonchev–Trinajstić information content (AvgIpc) is 2.64. The molecule has 5 heteroatoms. The summed E-state index contributed by atoms with van der Waals surface area (Å²) < 4.78 is 2.78. The van der Waals surface area contributed by atoms with Gasteiger partial charge in [-0.3, -0.25) is 9.48 Å². The SMILES string of the molecule is Cc1ccc(I)cc1NC(=O)c1cc(C)n(C)n1. The molecule has 1 heterocycles. The van der Waals surface area contributed by atoms with E-state index in [1.54, 1.807) is 10.7 Å². The van der Waals surface area contributed by atoms with Gasteiger partial charge in [-0.25, -0.2) is 0 Å². The first-order valence-electron chi connectivity index (χ1n) is 5.55. The molecule has 0 bridgehead atoms. The molecule has 0 unspecified atom stereocenters. The summed E-state index contributed by atoms with van der Waals surface area (Å²) in [4.78, 5) is 12.1. The summed E-state index contributed by atoms with van der Waals surface area (Å²) in [7, 11) is 1.82. The van der Waals surface area contributed by atoms with Crippen molar-refractivity contribution in [1.29, 1.82) is 0 Å². The Hall–Kier alpha value is -1.37. The Kier molecular flexibility index (Phi) is 3.70. The minimum absolute atomic E-state index is 0.177. The van der Waals surface area contributed by atoms with Crippen LogP contribution in [0.15, 0.2) is 24.3 Å². The molecule has 0 atom stereocenters. The van der Waals surface area contributed by atoms with E-state index < -0.39 is 0 Å². The van der Waals surface area contributed by atoms with Gasteiger partial charge in [0.2, 0.25) is 0 Å². The summed E-state index contributed by atoms with van der Waals surface area (Å²) >= 11 is 2.22. The summed E-state index contributed by atoms with van der Waals surface area (Å²) in [5, 5.41) is 7.05. The minimum atomic E-state index is -0.177. The van der Waals surface area contributed by atoms with Crippen LogP contribution < -0.4 is 5.32 Å². The number of rotatable bonds is 2. The zero-order valence-electron chi connectivity index (χ0n) is 10.5. The van der Waals surface area contributed by atoms with E-state index in [0.29, 0.717) is 5.69 Å². The maximum atomic E-state index is 12.1. The fraction of sp³-hybridized carbons (Fsp3) is 0.231. The third-order valence-electron chi connectivity index (χ3n) is 2.79. The Morgan fingerprint density at radius 1 is 1.33 bits per heavy atom. The van der Waals surface area contributed by atoms with Crippen molar-refractivity contribution in [2.75, 3.05) is 5.32 Å². The number of halogens is 1. The second-order valence-corrected chi connectivity index (χ2v) is 5.45. The summed E-state index contributed by atoms with van der Waals surface area (Å²) in [6.45, 7) is 3.88. The molecule has 0 saturated carbocycles. The Labute approximate surface area is 120 Å². The highest BCUT2D eigenvalue weighted by Gasteiger charge is 2.12. The zero-order chi connectivity index (χ0) is 13.3. The maximum Gasteiger partial charge on any atom is 0.276 e. The lowest BCUT2D eigenvalue weighted by Crippen LogP contribution is -2.14. The van der Waals surface area contributed by atoms with Crippen LogP contribution in [0.4, 0.5) is 5.69 Å². The number of carbonyl (C=O) groups is 1. The molecular formula is C13H14IN3O. The summed E-state index contributed by atoms with van der Waals surface area (Å²) in [6, 6.07) is 7.72. The first-order chi connectivity index (χ1) is 8.47. The second kappa shape index (κ2) is 5.09. The van der Waals surface area contributed by atoms with Crippen LogP contribution in [0.25, 0.3) is 0 Å². The van der Waals surface area contributed by atoms with E-state index >= 15 is 0 Å².